The van der Waals surface area contributed by atoms with E-state index in [0.717, 1.165) is 6.42 Å². The second kappa shape index (κ2) is 6.35. The van der Waals surface area contributed by atoms with Gasteiger partial charge in [-0.3, -0.25) is 14.5 Å². The van der Waals surface area contributed by atoms with Crippen molar-refractivity contribution in [2.45, 2.75) is 26.3 Å². The molecule has 2 atom stereocenters. The van der Waals surface area contributed by atoms with E-state index in [2.05, 4.69) is 5.32 Å². The summed E-state index contributed by atoms with van der Waals surface area (Å²) in [5.74, 6) is 0.333. The fourth-order valence-electron chi connectivity index (χ4n) is 2.32. The first-order valence-corrected chi connectivity index (χ1v) is 7.30. The number of carbonyl (C=O) groups excluding carboxylic acids is 2. The summed E-state index contributed by atoms with van der Waals surface area (Å²) >= 11 is 6.18. The summed E-state index contributed by atoms with van der Waals surface area (Å²) in [6.07, 6.45) is 0.802. The van der Waals surface area contributed by atoms with Crippen LogP contribution in [0.25, 0.3) is 0 Å². The van der Waals surface area contributed by atoms with Gasteiger partial charge < -0.3 is 10.1 Å². The van der Waals surface area contributed by atoms with Gasteiger partial charge in [0.2, 0.25) is 11.8 Å². The first-order chi connectivity index (χ1) is 9.97. The van der Waals surface area contributed by atoms with Gasteiger partial charge in [0.15, 0.2) is 0 Å². The van der Waals surface area contributed by atoms with E-state index in [1.807, 2.05) is 13.8 Å². The molecule has 1 N–H and O–H groups in total. The van der Waals surface area contributed by atoms with Gasteiger partial charge in [0.25, 0.3) is 0 Å². The predicted octanol–water partition coefficient (Wildman–Crippen LogP) is 2.23. The SMILES string of the molecule is CCC(C)C1NC(=O)CN(c2cc(OC)ccc2Cl)C1=O. The zero-order valence-electron chi connectivity index (χ0n) is 12.4. The molecule has 1 aromatic rings. The Morgan fingerprint density at radius 1 is 1.48 bits per heavy atom. The molecule has 2 rings (SSSR count). The molecule has 0 saturated carbocycles. The average molecular weight is 311 g/mol. The highest BCUT2D eigenvalue weighted by molar-refractivity contribution is 6.34. The number of rotatable bonds is 4. The third-order valence-corrected chi connectivity index (χ3v) is 4.13. The second-order valence-electron chi connectivity index (χ2n) is 5.17. The molecule has 1 saturated heterocycles. The number of anilines is 1. The third-order valence-electron chi connectivity index (χ3n) is 3.81. The Labute approximate surface area is 129 Å². The smallest absolute Gasteiger partial charge is 0.250 e. The number of carbonyl (C=O) groups is 2. The lowest BCUT2D eigenvalue weighted by atomic mass is 9.96. The van der Waals surface area contributed by atoms with Crippen molar-refractivity contribution in [3.05, 3.63) is 23.2 Å². The highest BCUT2D eigenvalue weighted by Gasteiger charge is 2.36. The van der Waals surface area contributed by atoms with E-state index in [1.54, 1.807) is 25.3 Å². The van der Waals surface area contributed by atoms with Crippen LogP contribution in [-0.4, -0.2) is 31.5 Å². The molecular weight excluding hydrogens is 292 g/mol. The van der Waals surface area contributed by atoms with Crippen molar-refractivity contribution < 1.29 is 14.3 Å². The minimum absolute atomic E-state index is 0.0291. The van der Waals surface area contributed by atoms with Crippen molar-refractivity contribution in [2.75, 3.05) is 18.6 Å². The summed E-state index contributed by atoms with van der Waals surface area (Å²) in [6.45, 7) is 3.90. The Morgan fingerprint density at radius 3 is 2.81 bits per heavy atom. The Hall–Kier alpha value is -1.75. The summed E-state index contributed by atoms with van der Waals surface area (Å²) in [6, 6.07) is 4.53. The van der Waals surface area contributed by atoms with E-state index in [1.165, 1.54) is 4.90 Å². The molecule has 21 heavy (non-hydrogen) atoms. The van der Waals surface area contributed by atoms with Gasteiger partial charge >= 0.3 is 0 Å². The van der Waals surface area contributed by atoms with Crippen LogP contribution in [0.1, 0.15) is 20.3 Å². The Balaban J connectivity index is 2.37. The Bertz CT molecular complexity index is 562. The maximum atomic E-state index is 12.6. The van der Waals surface area contributed by atoms with Crippen LogP contribution in [0.5, 0.6) is 5.75 Å². The number of piperazine rings is 1. The van der Waals surface area contributed by atoms with Crippen LogP contribution in [0.3, 0.4) is 0 Å². The van der Waals surface area contributed by atoms with Crippen molar-refractivity contribution in [3.63, 3.8) is 0 Å². The van der Waals surface area contributed by atoms with Gasteiger partial charge in [0.05, 0.1) is 17.8 Å². The fraction of sp³-hybridized carbons (Fsp3) is 0.467. The summed E-state index contributed by atoms with van der Waals surface area (Å²) in [7, 11) is 1.54. The number of benzene rings is 1. The van der Waals surface area contributed by atoms with E-state index in [0.29, 0.717) is 16.5 Å². The molecule has 1 fully saturated rings. The maximum Gasteiger partial charge on any atom is 0.250 e. The molecule has 114 valence electrons. The number of nitrogens with zero attached hydrogens (tertiary/aromatic N) is 1. The molecule has 0 aliphatic carbocycles. The maximum absolute atomic E-state index is 12.6. The molecule has 1 aromatic carbocycles. The standard InChI is InChI=1S/C15H19ClN2O3/c1-4-9(2)14-15(20)18(8-13(19)17-14)12-7-10(21-3)5-6-11(12)16/h5-7,9,14H,4,8H2,1-3H3,(H,17,19). The molecule has 5 nitrogen and oxygen atoms in total. The van der Waals surface area contributed by atoms with Crippen LogP contribution >= 0.6 is 11.6 Å². The number of ether oxygens (including phenoxy) is 1. The number of nitrogens with one attached hydrogen (secondary N) is 1. The fourth-order valence-corrected chi connectivity index (χ4v) is 2.54. The Morgan fingerprint density at radius 2 is 2.19 bits per heavy atom. The van der Waals surface area contributed by atoms with E-state index in [4.69, 9.17) is 16.3 Å². The summed E-state index contributed by atoms with van der Waals surface area (Å²) in [4.78, 5) is 26.0. The van der Waals surface area contributed by atoms with Crippen LogP contribution in [0.2, 0.25) is 5.02 Å². The first-order valence-electron chi connectivity index (χ1n) is 6.92. The van der Waals surface area contributed by atoms with Crippen molar-refractivity contribution >= 4 is 29.1 Å². The number of hydrogen-bond acceptors (Lipinski definition) is 3. The lowest BCUT2D eigenvalue weighted by Crippen LogP contribution is -2.60. The van der Waals surface area contributed by atoms with Crippen LogP contribution in [-0.2, 0) is 9.59 Å². The van der Waals surface area contributed by atoms with Crippen molar-refractivity contribution in [1.29, 1.82) is 0 Å². The lowest BCUT2D eigenvalue weighted by Gasteiger charge is -2.35. The largest absolute Gasteiger partial charge is 0.497 e. The van der Waals surface area contributed by atoms with Crippen LogP contribution < -0.4 is 15.0 Å². The summed E-state index contributed by atoms with van der Waals surface area (Å²) < 4.78 is 5.16. The molecule has 1 aliphatic rings. The van der Waals surface area contributed by atoms with Crippen molar-refractivity contribution in [2.24, 2.45) is 5.92 Å². The van der Waals surface area contributed by atoms with Crippen molar-refractivity contribution in [1.82, 2.24) is 5.32 Å². The molecule has 1 heterocycles. The topological polar surface area (TPSA) is 58.6 Å². The highest BCUT2D eigenvalue weighted by atomic mass is 35.5. The molecule has 1 aliphatic heterocycles. The van der Waals surface area contributed by atoms with Gasteiger partial charge in [-0.05, 0) is 18.1 Å². The predicted molar refractivity (Wildman–Crippen MR) is 81.7 cm³/mol. The van der Waals surface area contributed by atoms with Gasteiger partial charge in [0.1, 0.15) is 18.3 Å². The summed E-state index contributed by atoms with van der Waals surface area (Å²) in [5.41, 5.74) is 0.504. The quantitative estimate of drug-likeness (QED) is 0.927. The van der Waals surface area contributed by atoms with Gasteiger partial charge in [-0.1, -0.05) is 31.9 Å². The van der Waals surface area contributed by atoms with E-state index in [-0.39, 0.29) is 24.3 Å². The first kappa shape index (κ1) is 15.6. The zero-order valence-corrected chi connectivity index (χ0v) is 13.1. The molecule has 2 unspecified atom stereocenters. The summed E-state index contributed by atoms with van der Waals surface area (Å²) in [5, 5.41) is 3.18. The van der Waals surface area contributed by atoms with E-state index >= 15 is 0 Å². The van der Waals surface area contributed by atoms with Gasteiger partial charge in [-0.25, -0.2) is 0 Å². The monoisotopic (exact) mass is 310 g/mol. The number of methoxy groups -OCH3 is 1. The third kappa shape index (κ3) is 3.13. The van der Waals surface area contributed by atoms with Crippen LogP contribution in [0, 0.1) is 5.92 Å². The van der Waals surface area contributed by atoms with Gasteiger partial charge in [-0.15, -0.1) is 0 Å². The number of halogens is 1. The highest BCUT2D eigenvalue weighted by Crippen LogP contribution is 2.32. The average Bonchev–Trinajstić information content (AvgIpc) is 2.49. The zero-order chi connectivity index (χ0) is 15.6. The molecule has 6 heteroatoms. The van der Waals surface area contributed by atoms with Gasteiger partial charge in [0, 0.05) is 6.07 Å². The number of amides is 2. The molecule has 0 aromatic heterocycles. The van der Waals surface area contributed by atoms with E-state index < -0.39 is 6.04 Å². The van der Waals surface area contributed by atoms with Crippen molar-refractivity contribution in [3.8, 4) is 5.75 Å². The minimum Gasteiger partial charge on any atom is -0.497 e. The molecule has 2 amide bonds. The van der Waals surface area contributed by atoms with Crippen LogP contribution in [0.4, 0.5) is 5.69 Å². The Kier molecular flexibility index (Phi) is 4.73. The van der Waals surface area contributed by atoms with Gasteiger partial charge in [-0.2, -0.15) is 0 Å². The molecular formula is C15H19ClN2O3. The number of hydrogen-bond donors (Lipinski definition) is 1. The minimum atomic E-state index is -0.515. The van der Waals surface area contributed by atoms with Crippen LogP contribution in [0.15, 0.2) is 18.2 Å². The normalized spacial score (nSPS) is 20.2. The molecule has 0 bridgehead atoms. The lowest BCUT2D eigenvalue weighted by molar-refractivity contribution is -0.132. The molecule has 0 radical (unpaired) electrons. The molecule has 0 spiro atoms. The van der Waals surface area contributed by atoms with E-state index in [9.17, 15) is 9.59 Å². The second-order valence-corrected chi connectivity index (χ2v) is 5.58.